The number of aryl methyl sites for hydroxylation is 1. The number of ether oxygens (including phenoxy) is 1. The first-order valence-corrected chi connectivity index (χ1v) is 8.73. The lowest BCUT2D eigenvalue weighted by atomic mass is 10.2. The van der Waals surface area contributed by atoms with Crippen molar-refractivity contribution in [2.45, 2.75) is 13.5 Å². The van der Waals surface area contributed by atoms with Crippen LogP contribution in [0.4, 0.5) is 9.93 Å². The van der Waals surface area contributed by atoms with Gasteiger partial charge in [-0.25, -0.2) is 14.8 Å². The molecule has 0 radical (unpaired) electrons. The zero-order valence-electron chi connectivity index (χ0n) is 13.9. The third-order valence-corrected chi connectivity index (χ3v) is 4.79. The van der Waals surface area contributed by atoms with Crippen LogP contribution in [0.25, 0.3) is 0 Å². The minimum atomic E-state index is -0.0589. The highest BCUT2D eigenvalue weighted by atomic mass is 32.1. The fourth-order valence-corrected chi connectivity index (χ4v) is 3.33. The lowest BCUT2D eigenvalue weighted by molar-refractivity contribution is 0.194. The topological polar surface area (TPSA) is 70.6 Å². The smallest absolute Gasteiger partial charge is 0.317 e. The first-order valence-electron chi connectivity index (χ1n) is 7.85. The summed E-state index contributed by atoms with van der Waals surface area (Å²) in [5.74, 6) is 0.559. The summed E-state index contributed by atoms with van der Waals surface area (Å²) in [6.45, 7) is 5.30. The number of hydrogen-bond donors (Lipinski definition) is 1. The molecule has 0 bridgehead atoms. The van der Waals surface area contributed by atoms with Gasteiger partial charge in [0, 0.05) is 55.6 Å². The third kappa shape index (κ3) is 3.76. The molecule has 0 atom stereocenters. The van der Waals surface area contributed by atoms with Crippen LogP contribution in [-0.2, 0) is 6.54 Å². The molecule has 1 saturated heterocycles. The number of anilines is 1. The van der Waals surface area contributed by atoms with E-state index in [2.05, 4.69) is 20.2 Å². The SMILES string of the molecule is COc1nc(C)ccc1CNC(=O)N1CCN(c2nccs2)CC1. The van der Waals surface area contributed by atoms with Gasteiger partial charge in [0.05, 0.1) is 7.11 Å². The summed E-state index contributed by atoms with van der Waals surface area (Å²) in [7, 11) is 1.59. The lowest BCUT2D eigenvalue weighted by Gasteiger charge is -2.34. The number of thiazole rings is 1. The maximum absolute atomic E-state index is 12.4. The van der Waals surface area contributed by atoms with Gasteiger partial charge in [0.15, 0.2) is 5.13 Å². The second kappa shape index (κ2) is 7.48. The van der Waals surface area contributed by atoms with Crippen molar-refractivity contribution in [2.24, 2.45) is 0 Å². The van der Waals surface area contributed by atoms with E-state index in [0.29, 0.717) is 25.5 Å². The Balaban J connectivity index is 1.51. The number of nitrogens with zero attached hydrogens (tertiary/aromatic N) is 4. The van der Waals surface area contributed by atoms with Crippen LogP contribution in [0.2, 0.25) is 0 Å². The van der Waals surface area contributed by atoms with Crippen molar-refractivity contribution in [1.82, 2.24) is 20.2 Å². The number of rotatable bonds is 4. The van der Waals surface area contributed by atoms with Crippen molar-refractivity contribution >= 4 is 22.5 Å². The first-order chi connectivity index (χ1) is 11.7. The van der Waals surface area contributed by atoms with Gasteiger partial charge >= 0.3 is 6.03 Å². The predicted octanol–water partition coefficient (Wildman–Crippen LogP) is 1.89. The summed E-state index contributed by atoms with van der Waals surface area (Å²) in [4.78, 5) is 25.0. The Morgan fingerprint density at radius 1 is 1.33 bits per heavy atom. The van der Waals surface area contributed by atoms with E-state index < -0.39 is 0 Å². The molecule has 3 rings (SSSR count). The van der Waals surface area contributed by atoms with Gasteiger partial charge in [-0.2, -0.15) is 0 Å². The molecule has 3 heterocycles. The summed E-state index contributed by atoms with van der Waals surface area (Å²) in [5, 5.41) is 5.94. The van der Waals surface area contributed by atoms with E-state index in [1.807, 2.05) is 35.5 Å². The maximum atomic E-state index is 12.4. The Morgan fingerprint density at radius 3 is 2.79 bits per heavy atom. The highest BCUT2D eigenvalue weighted by Crippen LogP contribution is 2.19. The fraction of sp³-hybridized carbons (Fsp3) is 0.438. The Bertz CT molecular complexity index is 684. The number of hydrogen-bond acceptors (Lipinski definition) is 6. The van der Waals surface area contributed by atoms with Crippen LogP contribution in [0, 0.1) is 6.92 Å². The third-order valence-electron chi connectivity index (χ3n) is 3.96. The Kier molecular flexibility index (Phi) is 5.14. The number of aromatic nitrogens is 2. The van der Waals surface area contributed by atoms with Crippen LogP contribution in [0.15, 0.2) is 23.7 Å². The van der Waals surface area contributed by atoms with E-state index >= 15 is 0 Å². The number of urea groups is 1. The van der Waals surface area contributed by atoms with Crippen LogP contribution >= 0.6 is 11.3 Å². The summed E-state index contributed by atoms with van der Waals surface area (Å²) in [6, 6.07) is 3.79. The van der Waals surface area contributed by atoms with Gasteiger partial charge in [0.2, 0.25) is 5.88 Å². The van der Waals surface area contributed by atoms with E-state index in [1.165, 1.54) is 0 Å². The van der Waals surface area contributed by atoms with E-state index in [1.54, 1.807) is 18.4 Å². The average Bonchev–Trinajstić information content (AvgIpc) is 3.15. The van der Waals surface area contributed by atoms with Gasteiger partial charge in [0.25, 0.3) is 0 Å². The molecule has 0 aromatic carbocycles. The Labute approximate surface area is 145 Å². The second-order valence-electron chi connectivity index (χ2n) is 5.57. The number of piperazine rings is 1. The molecule has 128 valence electrons. The molecule has 1 N–H and O–H groups in total. The highest BCUT2D eigenvalue weighted by Gasteiger charge is 2.22. The van der Waals surface area contributed by atoms with E-state index in [4.69, 9.17) is 4.74 Å². The van der Waals surface area contributed by atoms with Gasteiger partial charge in [-0.1, -0.05) is 6.07 Å². The lowest BCUT2D eigenvalue weighted by Crippen LogP contribution is -2.51. The largest absolute Gasteiger partial charge is 0.481 e. The molecule has 8 heteroatoms. The van der Waals surface area contributed by atoms with Crippen molar-refractivity contribution < 1.29 is 9.53 Å². The van der Waals surface area contributed by atoms with Crippen LogP contribution in [0.5, 0.6) is 5.88 Å². The van der Waals surface area contributed by atoms with Gasteiger partial charge in [0.1, 0.15) is 0 Å². The minimum absolute atomic E-state index is 0.0589. The minimum Gasteiger partial charge on any atom is -0.481 e. The number of nitrogens with one attached hydrogen (secondary N) is 1. The summed E-state index contributed by atoms with van der Waals surface area (Å²) < 4.78 is 5.27. The van der Waals surface area contributed by atoms with Gasteiger partial charge in [-0.15, -0.1) is 11.3 Å². The average molecular weight is 347 g/mol. The van der Waals surface area contributed by atoms with E-state index in [-0.39, 0.29) is 6.03 Å². The standard InChI is InChI=1S/C16H21N5O2S/c1-12-3-4-13(14(19-12)23-2)11-18-15(22)20-6-8-21(9-7-20)16-17-5-10-24-16/h3-5,10H,6-9,11H2,1-2H3,(H,18,22). The van der Waals surface area contributed by atoms with Crippen LogP contribution in [0.3, 0.4) is 0 Å². The van der Waals surface area contributed by atoms with Crippen LogP contribution in [-0.4, -0.2) is 54.2 Å². The molecule has 0 saturated carbocycles. The molecule has 2 aromatic heterocycles. The summed E-state index contributed by atoms with van der Waals surface area (Å²) in [5.41, 5.74) is 1.76. The van der Waals surface area contributed by atoms with Crippen molar-refractivity contribution in [2.75, 3.05) is 38.2 Å². The zero-order chi connectivity index (χ0) is 16.9. The second-order valence-corrected chi connectivity index (χ2v) is 6.44. The van der Waals surface area contributed by atoms with Crippen molar-refractivity contribution in [3.8, 4) is 5.88 Å². The maximum Gasteiger partial charge on any atom is 0.317 e. The summed E-state index contributed by atoms with van der Waals surface area (Å²) in [6.07, 6.45) is 1.81. The molecule has 24 heavy (non-hydrogen) atoms. The quantitative estimate of drug-likeness (QED) is 0.914. The molecule has 0 unspecified atom stereocenters. The van der Waals surface area contributed by atoms with Gasteiger partial charge in [-0.05, 0) is 13.0 Å². The number of carbonyl (C=O) groups is 1. The molecule has 7 nitrogen and oxygen atoms in total. The van der Waals surface area contributed by atoms with Crippen molar-refractivity contribution in [1.29, 1.82) is 0 Å². The van der Waals surface area contributed by atoms with Gasteiger partial charge in [-0.3, -0.25) is 0 Å². The Morgan fingerprint density at radius 2 is 2.12 bits per heavy atom. The van der Waals surface area contributed by atoms with Crippen molar-refractivity contribution in [3.63, 3.8) is 0 Å². The van der Waals surface area contributed by atoms with Gasteiger partial charge < -0.3 is 19.9 Å². The van der Waals surface area contributed by atoms with Crippen LogP contribution < -0.4 is 15.0 Å². The highest BCUT2D eigenvalue weighted by molar-refractivity contribution is 7.13. The van der Waals surface area contributed by atoms with Crippen LogP contribution in [0.1, 0.15) is 11.3 Å². The summed E-state index contributed by atoms with van der Waals surface area (Å²) >= 11 is 1.63. The van der Waals surface area contributed by atoms with Crippen molar-refractivity contribution in [3.05, 3.63) is 35.0 Å². The molecule has 1 aliphatic heterocycles. The first kappa shape index (κ1) is 16.5. The zero-order valence-corrected chi connectivity index (χ0v) is 14.7. The number of carbonyl (C=O) groups excluding carboxylic acids is 1. The molecule has 1 fully saturated rings. The van der Waals surface area contributed by atoms with E-state index in [0.717, 1.165) is 29.5 Å². The fourth-order valence-electron chi connectivity index (χ4n) is 2.63. The number of pyridine rings is 1. The normalized spacial score (nSPS) is 14.6. The molecule has 2 amide bonds. The molecule has 1 aliphatic rings. The predicted molar refractivity (Wildman–Crippen MR) is 93.7 cm³/mol. The number of methoxy groups -OCH3 is 1. The number of amides is 2. The molecule has 0 spiro atoms. The molecular formula is C16H21N5O2S. The molecule has 0 aliphatic carbocycles. The molecule has 2 aromatic rings. The Hall–Kier alpha value is -2.35. The monoisotopic (exact) mass is 347 g/mol. The van der Waals surface area contributed by atoms with E-state index in [9.17, 15) is 4.79 Å². The molecular weight excluding hydrogens is 326 g/mol.